The second-order valence-electron chi connectivity index (χ2n) is 4.99. The van der Waals surface area contributed by atoms with Crippen LogP contribution in [0.3, 0.4) is 0 Å². The molecule has 2 aromatic heterocycles. The number of aromatic nitrogens is 2. The number of nitrogens with two attached hydrogens (primary N) is 1. The summed E-state index contributed by atoms with van der Waals surface area (Å²) in [5.41, 5.74) is 6.67. The van der Waals surface area contributed by atoms with Gasteiger partial charge in [-0.3, -0.25) is 9.59 Å². The molecule has 0 radical (unpaired) electrons. The smallest absolute Gasteiger partial charge is 0.323 e. The number of halogens is 2. The van der Waals surface area contributed by atoms with E-state index in [2.05, 4.69) is 4.98 Å². The first-order chi connectivity index (χ1) is 10.9. The maximum atomic E-state index is 11.9. The van der Waals surface area contributed by atoms with Gasteiger partial charge in [0, 0.05) is 25.2 Å². The van der Waals surface area contributed by atoms with Crippen LogP contribution in [-0.4, -0.2) is 21.6 Å². The van der Waals surface area contributed by atoms with Crippen molar-refractivity contribution in [1.29, 1.82) is 0 Å². The Balaban J connectivity index is 1.97. The fourth-order valence-electron chi connectivity index (χ4n) is 1.99. The molecule has 0 bridgehead atoms. The minimum absolute atomic E-state index is 0.0265. The van der Waals surface area contributed by atoms with Crippen LogP contribution in [0.25, 0.3) is 0 Å². The average molecular weight is 356 g/mol. The molecule has 122 valence electrons. The lowest BCUT2D eigenvalue weighted by Crippen LogP contribution is -2.36. The lowest BCUT2D eigenvalue weighted by atomic mass is 10.1. The van der Waals surface area contributed by atoms with Crippen molar-refractivity contribution in [3.8, 4) is 0 Å². The van der Waals surface area contributed by atoms with E-state index in [1.54, 1.807) is 37.5 Å². The van der Waals surface area contributed by atoms with Gasteiger partial charge in [-0.05, 0) is 23.8 Å². The van der Waals surface area contributed by atoms with Gasteiger partial charge in [0.1, 0.15) is 23.0 Å². The summed E-state index contributed by atoms with van der Waals surface area (Å²) in [5.74, 6) is -0.611. The van der Waals surface area contributed by atoms with Crippen molar-refractivity contribution in [2.75, 3.05) is 0 Å². The molecular weight excluding hydrogens is 341 g/mol. The number of rotatable bonds is 5. The van der Waals surface area contributed by atoms with E-state index in [1.165, 1.54) is 4.57 Å². The van der Waals surface area contributed by atoms with Crippen LogP contribution in [0.5, 0.6) is 0 Å². The monoisotopic (exact) mass is 355 g/mol. The molecule has 2 heterocycles. The van der Waals surface area contributed by atoms with Crippen molar-refractivity contribution in [2.24, 2.45) is 12.8 Å². The van der Waals surface area contributed by atoms with Gasteiger partial charge in [-0.2, -0.15) is 0 Å². The minimum Gasteiger partial charge on any atom is -0.460 e. The molecule has 0 aliphatic rings. The number of aryl methyl sites for hydroxylation is 1. The number of nitrogens with zero attached hydrogens (tertiary/aromatic N) is 2. The largest absolute Gasteiger partial charge is 0.460 e. The molecule has 2 aromatic rings. The Bertz CT molecular complexity index is 757. The van der Waals surface area contributed by atoms with Crippen LogP contribution >= 0.6 is 23.2 Å². The van der Waals surface area contributed by atoms with Crippen LogP contribution < -0.4 is 11.3 Å². The van der Waals surface area contributed by atoms with E-state index in [-0.39, 0.29) is 28.9 Å². The number of hydrogen-bond donors (Lipinski definition) is 1. The fourth-order valence-corrected chi connectivity index (χ4v) is 2.49. The van der Waals surface area contributed by atoms with E-state index in [1.807, 2.05) is 0 Å². The quantitative estimate of drug-likeness (QED) is 0.651. The molecule has 2 N–H and O–H groups in total. The van der Waals surface area contributed by atoms with Gasteiger partial charge < -0.3 is 15.0 Å². The lowest BCUT2D eigenvalue weighted by molar-refractivity contribution is -0.146. The highest BCUT2D eigenvalue weighted by Gasteiger charge is 2.18. The standard InChI is InChI=1S/C15H15Cl2N3O3/c1-20-4-2-3-10(14(20)21)7-11(18)15(22)23-8-9-5-12(16)19-13(17)6-9/h2-6,11H,7-8,18H2,1H3/t11-/m0/s1. The highest BCUT2D eigenvalue weighted by atomic mass is 35.5. The Morgan fingerprint density at radius 3 is 2.70 bits per heavy atom. The predicted molar refractivity (Wildman–Crippen MR) is 87.4 cm³/mol. The van der Waals surface area contributed by atoms with E-state index in [4.69, 9.17) is 33.7 Å². The van der Waals surface area contributed by atoms with Crippen LogP contribution in [0, 0.1) is 0 Å². The number of carbonyl (C=O) groups excluding carboxylic acids is 1. The maximum absolute atomic E-state index is 11.9. The molecular formula is C15H15Cl2N3O3. The minimum atomic E-state index is -0.933. The Hall–Kier alpha value is -1.89. The van der Waals surface area contributed by atoms with Gasteiger partial charge in [0.15, 0.2) is 0 Å². The number of ether oxygens (including phenoxy) is 1. The van der Waals surface area contributed by atoms with E-state index in [0.717, 1.165) is 0 Å². The Morgan fingerprint density at radius 1 is 1.39 bits per heavy atom. The Morgan fingerprint density at radius 2 is 2.04 bits per heavy atom. The summed E-state index contributed by atoms with van der Waals surface area (Å²) in [7, 11) is 1.63. The van der Waals surface area contributed by atoms with Crippen LogP contribution in [0.1, 0.15) is 11.1 Å². The van der Waals surface area contributed by atoms with Gasteiger partial charge in [-0.15, -0.1) is 0 Å². The summed E-state index contributed by atoms with van der Waals surface area (Å²) in [6.45, 7) is -0.0265. The zero-order valence-electron chi connectivity index (χ0n) is 12.3. The third-order valence-corrected chi connectivity index (χ3v) is 3.54. The van der Waals surface area contributed by atoms with Gasteiger partial charge >= 0.3 is 5.97 Å². The van der Waals surface area contributed by atoms with Gasteiger partial charge in [-0.25, -0.2) is 4.98 Å². The third-order valence-electron chi connectivity index (χ3n) is 3.15. The summed E-state index contributed by atoms with van der Waals surface area (Å²) in [4.78, 5) is 27.6. The van der Waals surface area contributed by atoms with Gasteiger partial charge in [0.25, 0.3) is 5.56 Å². The molecule has 6 nitrogen and oxygen atoms in total. The molecule has 23 heavy (non-hydrogen) atoms. The summed E-state index contributed by atoms with van der Waals surface area (Å²) in [6.07, 6.45) is 1.73. The molecule has 8 heteroatoms. The van der Waals surface area contributed by atoms with E-state index < -0.39 is 12.0 Å². The zero-order valence-corrected chi connectivity index (χ0v) is 13.8. The molecule has 1 atom stereocenters. The van der Waals surface area contributed by atoms with Crippen LogP contribution in [-0.2, 0) is 29.6 Å². The summed E-state index contributed by atoms with van der Waals surface area (Å²) < 4.78 is 6.55. The zero-order chi connectivity index (χ0) is 17.0. The van der Waals surface area contributed by atoms with Gasteiger partial charge in [0.2, 0.25) is 0 Å². The Kier molecular flexibility index (Phi) is 5.76. The predicted octanol–water partition coefficient (Wildman–Crippen LogP) is 1.70. The number of pyridine rings is 2. The molecule has 0 aliphatic heterocycles. The lowest BCUT2D eigenvalue weighted by Gasteiger charge is -2.12. The van der Waals surface area contributed by atoms with Crippen molar-refractivity contribution >= 4 is 29.2 Å². The second-order valence-corrected chi connectivity index (χ2v) is 5.76. The summed E-state index contributed by atoms with van der Waals surface area (Å²) in [6, 6.07) is 5.50. The topological polar surface area (TPSA) is 87.2 Å². The average Bonchev–Trinajstić information content (AvgIpc) is 2.48. The number of esters is 1. The molecule has 0 spiro atoms. The molecule has 0 fully saturated rings. The highest BCUT2D eigenvalue weighted by Crippen LogP contribution is 2.15. The fraction of sp³-hybridized carbons (Fsp3) is 0.267. The van der Waals surface area contributed by atoms with E-state index in [0.29, 0.717) is 11.1 Å². The molecule has 0 saturated heterocycles. The first-order valence-electron chi connectivity index (χ1n) is 6.75. The van der Waals surface area contributed by atoms with Crippen molar-refractivity contribution in [2.45, 2.75) is 19.1 Å². The van der Waals surface area contributed by atoms with E-state index >= 15 is 0 Å². The maximum Gasteiger partial charge on any atom is 0.323 e. The summed E-state index contributed by atoms with van der Waals surface area (Å²) in [5, 5.41) is 0.418. The van der Waals surface area contributed by atoms with Crippen molar-refractivity contribution < 1.29 is 9.53 Å². The first kappa shape index (κ1) is 17.5. The van der Waals surface area contributed by atoms with Crippen molar-refractivity contribution in [3.05, 3.63) is 62.2 Å². The van der Waals surface area contributed by atoms with E-state index in [9.17, 15) is 9.59 Å². The molecule has 0 aromatic carbocycles. The van der Waals surface area contributed by atoms with Crippen LogP contribution in [0.15, 0.2) is 35.3 Å². The summed E-state index contributed by atoms with van der Waals surface area (Å²) >= 11 is 11.5. The normalized spacial score (nSPS) is 12.0. The SMILES string of the molecule is Cn1cccc(C[C@H](N)C(=O)OCc2cc(Cl)nc(Cl)c2)c1=O. The molecule has 0 saturated carbocycles. The van der Waals surface area contributed by atoms with Crippen LogP contribution in [0.2, 0.25) is 10.3 Å². The second kappa shape index (κ2) is 7.59. The third kappa shape index (κ3) is 4.79. The van der Waals surface area contributed by atoms with Crippen molar-refractivity contribution in [1.82, 2.24) is 9.55 Å². The number of hydrogen-bond acceptors (Lipinski definition) is 5. The molecule has 0 amide bonds. The van der Waals surface area contributed by atoms with Crippen molar-refractivity contribution in [3.63, 3.8) is 0 Å². The van der Waals surface area contributed by atoms with Crippen LogP contribution in [0.4, 0.5) is 0 Å². The first-order valence-corrected chi connectivity index (χ1v) is 7.51. The Labute approximate surface area is 142 Å². The van der Waals surface area contributed by atoms with Gasteiger partial charge in [0.05, 0.1) is 0 Å². The molecule has 0 unspecified atom stereocenters. The van der Waals surface area contributed by atoms with Gasteiger partial charge in [-0.1, -0.05) is 29.3 Å². The molecule has 2 rings (SSSR count). The highest BCUT2D eigenvalue weighted by molar-refractivity contribution is 6.32. The number of carbonyl (C=O) groups is 1. The molecule has 0 aliphatic carbocycles.